The van der Waals surface area contributed by atoms with Gasteiger partial charge in [0.05, 0.1) is 47.1 Å². The number of benzene rings is 1. The van der Waals surface area contributed by atoms with E-state index in [4.69, 9.17) is 23.9 Å². The Morgan fingerprint density at radius 1 is 0.982 bits per heavy atom. The van der Waals surface area contributed by atoms with Gasteiger partial charge in [0.2, 0.25) is 5.78 Å². The highest BCUT2D eigenvalue weighted by Crippen LogP contribution is 2.52. The van der Waals surface area contributed by atoms with E-state index in [0.717, 1.165) is 0 Å². The van der Waals surface area contributed by atoms with E-state index in [0.29, 0.717) is 18.7 Å². The monoisotopic (exact) mass is 789 g/mol. The number of carbonyl (C=O) groups excluding carboxylic acids is 4. The smallest absolute Gasteiger partial charge is 0.312 e. The predicted molar refractivity (Wildman–Crippen MR) is 211 cm³/mol. The van der Waals surface area contributed by atoms with Crippen molar-refractivity contribution in [3.05, 3.63) is 64.3 Å². The number of aromatic hydroxyl groups is 1. The van der Waals surface area contributed by atoms with E-state index in [1.54, 1.807) is 39.8 Å². The molecule has 0 saturated heterocycles. The minimum absolute atomic E-state index is 0.00506. The van der Waals surface area contributed by atoms with E-state index < -0.39 is 83.1 Å². The highest BCUT2D eigenvalue weighted by molar-refractivity contribution is 6.56. The molecule has 0 radical (unpaired) electrons. The Labute approximate surface area is 333 Å². The third-order valence-electron chi connectivity index (χ3n) is 11.8. The molecule has 4 aliphatic rings. The number of Topliss-reactive ketones (excluding diaryl/α,β-unsaturated/α-hetero) is 2. The lowest BCUT2D eigenvalue weighted by Crippen LogP contribution is -2.46. The lowest BCUT2D eigenvalue weighted by Gasteiger charge is -2.38. The third kappa shape index (κ3) is 7.86. The van der Waals surface area contributed by atoms with Crippen LogP contribution in [0.1, 0.15) is 119 Å². The van der Waals surface area contributed by atoms with Crippen molar-refractivity contribution in [2.75, 3.05) is 7.11 Å². The molecule has 1 aromatic carbocycles. The molecule has 308 valence electrons. The van der Waals surface area contributed by atoms with Crippen molar-refractivity contribution in [1.82, 2.24) is 9.97 Å². The summed E-state index contributed by atoms with van der Waals surface area (Å²) in [5.74, 6) is -7.12. The third-order valence-corrected chi connectivity index (χ3v) is 11.8. The van der Waals surface area contributed by atoms with Gasteiger partial charge in [0.25, 0.3) is 11.7 Å². The molecule has 3 aliphatic heterocycles. The number of ether oxygens (including phenoxy) is 4. The van der Waals surface area contributed by atoms with Gasteiger partial charge in [-0.05, 0) is 32.8 Å². The van der Waals surface area contributed by atoms with Gasteiger partial charge in [0, 0.05) is 67.2 Å². The second-order valence-corrected chi connectivity index (χ2v) is 15.6. The fraction of sp³-hybridized carbons (Fsp3) is 0.535. The molecule has 0 unspecified atom stereocenters. The van der Waals surface area contributed by atoms with E-state index in [9.17, 15) is 34.5 Å². The van der Waals surface area contributed by atoms with Crippen LogP contribution in [0.4, 0.5) is 0 Å². The van der Waals surface area contributed by atoms with Gasteiger partial charge < -0.3 is 39.3 Å². The van der Waals surface area contributed by atoms with Crippen LogP contribution < -0.4 is 4.74 Å². The summed E-state index contributed by atoms with van der Waals surface area (Å²) < 4.78 is 23.8. The highest BCUT2D eigenvalue weighted by atomic mass is 16.7. The Bertz CT molecular complexity index is 2060. The average Bonchev–Trinajstić information content (AvgIpc) is 3.72. The number of allylic oxidation sites excluding steroid dienone is 2. The number of hydrogen-bond donors (Lipinski definition) is 4. The summed E-state index contributed by atoms with van der Waals surface area (Å²) in [6, 6.07) is 0. The summed E-state index contributed by atoms with van der Waals surface area (Å²) in [5, 5.41) is 34.5. The largest absolute Gasteiger partial charge is 0.507 e. The summed E-state index contributed by atoms with van der Waals surface area (Å²) in [7, 11) is 1.45. The van der Waals surface area contributed by atoms with Gasteiger partial charge in [-0.3, -0.25) is 19.2 Å². The molecule has 0 spiro atoms. The van der Waals surface area contributed by atoms with Crippen molar-refractivity contribution in [3.8, 4) is 22.8 Å². The van der Waals surface area contributed by atoms with Crippen LogP contribution >= 0.6 is 0 Å². The van der Waals surface area contributed by atoms with Crippen molar-refractivity contribution >= 4 is 29.2 Å². The van der Waals surface area contributed by atoms with Gasteiger partial charge in [-0.25, -0.2) is 9.98 Å². The van der Waals surface area contributed by atoms with E-state index in [-0.39, 0.29) is 56.6 Å². The zero-order chi connectivity index (χ0) is 42.3. The number of nitrogens with zero attached hydrogens (tertiary/aromatic N) is 2. The number of phenolic OH excluding ortho intramolecular Hbond substituents is 1. The van der Waals surface area contributed by atoms with Crippen LogP contribution in [0.25, 0.3) is 11.3 Å². The Balaban J connectivity index is 1.72. The topological polar surface area (TPSA) is 207 Å². The lowest BCUT2D eigenvalue weighted by molar-refractivity contribution is -0.160. The first-order chi connectivity index (χ1) is 26.8. The maximum atomic E-state index is 14.5. The summed E-state index contributed by atoms with van der Waals surface area (Å²) >= 11 is 0. The van der Waals surface area contributed by atoms with Crippen molar-refractivity contribution in [1.29, 1.82) is 0 Å². The fourth-order valence-corrected chi connectivity index (χ4v) is 8.03. The number of H-pyrrole nitrogens is 1. The second-order valence-electron chi connectivity index (χ2n) is 15.6. The SMILES string of the molecule is CCC(CC)c1nc2c([nH]1)C1=NC(=O)/C(C)=C\C=C\[C@H](C)[C@H](O)[C@@H](C)[C@@H](O)[C@@H](C)[C@H](OC(C)=O)[C@H](C)[C@@H](OC)/C=C/O[C@@]3(C)Oc4c(C)c(O)c(c-2c4C3=O)C1=O. The molecule has 2 aromatic rings. The predicted octanol–water partition coefficient (Wildman–Crippen LogP) is 6.06. The van der Waals surface area contributed by atoms with Crippen LogP contribution in [0.15, 0.2) is 41.1 Å². The van der Waals surface area contributed by atoms with Crippen LogP contribution in [-0.4, -0.2) is 91.8 Å². The Morgan fingerprint density at radius 2 is 1.65 bits per heavy atom. The van der Waals surface area contributed by atoms with Crippen LogP contribution in [0.2, 0.25) is 0 Å². The van der Waals surface area contributed by atoms with Gasteiger partial charge in [-0.2, -0.15) is 0 Å². The van der Waals surface area contributed by atoms with Gasteiger partial charge in [0.15, 0.2) is 0 Å². The Kier molecular flexibility index (Phi) is 12.8. The first-order valence-corrected chi connectivity index (χ1v) is 19.5. The molecule has 4 N–H and O–H groups in total. The number of ketones is 2. The van der Waals surface area contributed by atoms with E-state index in [1.807, 2.05) is 13.8 Å². The Hall–Kier alpha value is -4.92. The van der Waals surface area contributed by atoms with Gasteiger partial charge in [0.1, 0.15) is 29.1 Å². The van der Waals surface area contributed by atoms with Gasteiger partial charge in [-0.1, -0.05) is 59.8 Å². The number of methoxy groups -OCH3 is 1. The molecule has 1 aliphatic carbocycles. The molecule has 9 atom stereocenters. The number of aliphatic imine (C=N–C) groups is 1. The van der Waals surface area contributed by atoms with Crippen LogP contribution in [0.5, 0.6) is 11.5 Å². The minimum atomic E-state index is -1.97. The summed E-state index contributed by atoms with van der Waals surface area (Å²) in [6.07, 6.45) is 5.14. The zero-order valence-electron chi connectivity index (χ0n) is 34.5. The van der Waals surface area contributed by atoms with Gasteiger partial charge in [-0.15, -0.1) is 0 Å². The number of carbonyl (C=O) groups is 4. The fourth-order valence-electron chi connectivity index (χ4n) is 8.03. The van der Waals surface area contributed by atoms with Gasteiger partial charge >= 0.3 is 11.8 Å². The van der Waals surface area contributed by atoms with E-state index >= 15 is 0 Å². The quantitative estimate of drug-likeness (QED) is 0.255. The molecule has 0 fully saturated rings. The second kappa shape index (κ2) is 16.9. The van der Waals surface area contributed by atoms with E-state index in [2.05, 4.69) is 9.98 Å². The maximum Gasteiger partial charge on any atom is 0.312 e. The first-order valence-electron chi connectivity index (χ1n) is 19.5. The lowest BCUT2D eigenvalue weighted by atomic mass is 9.78. The van der Waals surface area contributed by atoms with Crippen molar-refractivity contribution in [3.63, 3.8) is 0 Å². The number of phenols is 1. The molecule has 1 amide bonds. The highest BCUT2D eigenvalue weighted by Gasteiger charge is 2.52. The number of aliphatic hydroxyl groups excluding tert-OH is 2. The molecule has 1 aromatic heterocycles. The van der Waals surface area contributed by atoms with E-state index in [1.165, 1.54) is 53.2 Å². The number of nitrogens with one attached hydrogen (secondary N) is 1. The van der Waals surface area contributed by atoms with Crippen molar-refractivity contribution in [2.45, 2.75) is 118 Å². The van der Waals surface area contributed by atoms with Crippen LogP contribution in [-0.2, 0) is 23.8 Å². The molecule has 6 rings (SSSR count). The number of aromatic amines is 1. The number of fused-ring (bicyclic) bond motifs is 13. The summed E-state index contributed by atoms with van der Waals surface area (Å²) in [5.41, 5.74) is 0.0781. The number of rotatable bonds is 5. The molecule has 5 bridgehead atoms. The Morgan fingerprint density at radius 3 is 2.26 bits per heavy atom. The number of amides is 1. The molecule has 0 saturated carbocycles. The molecule has 14 heteroatoms. The number of esters is 1. The molecule has 57 heavy (non-hydrogen) atoms. The first kappa shape index (κ1) is 43.2. The number of aromatic nitrogens is 2. The zero-order valence-corrected chi connectivity index (χ0v) is 34.5. The minimum Gasteiger partial charge on any atom is -0.507 e. The van der Waals surface area contributed by atoms with Crippen molar-refractivity contribution in [2.24, 2.45) is 28.7 Å². The standard InChI is InChI=1S/C43H55N3O11/c1-12-26(13-2)41-44-31-28-29-36(50)24(8)39-30(28)40(52)43(10,57-39)55-18-17-27(54-11)21(5)38(56-25(9)47)23(7)35(49)22(6)34(48)19(3)15-14-16-20(4)42(53)46-33(37(29)51)32(31)45-41/h14-19,21-23,26-27,34-35,38,48-50H,12-13H2,1-11H3,(H,44,45)/b15-14+,18-17+,20-16-,46-33?/t19-,21+,22+,23+,27-,34-,35+,38+,43-/m0/s1. The molecule has 4 heterocycles. The average molecular weight is 790 g/mol. The molecule has 14 nitrogen and oxygen atoms in total. The summed E-state index contributed by atoms with van der Waals surface area (Å²) in [4.78, 5) is 67.3. The summed E-state index contributed by atoms with van der Waals surface area (Å²) in [6.45, 7) is 16.7. The normalized spacial score (nSPS) is 31.5. The van der Waals surface area contributed by atoms with Crippen LogP contribution in [0.3, 0.4) is 0 Å². The molecular formula is C43H55N3O11. The van der Waals surface area contributed by atoms with Crippen LogP contribution in [0, 0.1) is 30.6 Å². The number of hydrogen-bond acceptors (Lipinski definition) is 12. The maximum absolute atomic E-state index is 14.5. The number of imidazole rings is 1. The van der Waals surface area contributed by atoms with Crippen molar-refractivity contribution < 1.29 is 53.4 Å². The number of aliphatic hydroxyl groups is 2. The molecular weight excluding hydrogens is 734 g/mol.